The third kappa shape index (κ3) is 5.39. The summed E-state index contributed by atoms with van der Waals surface area (Å²) in [5, 5.41) is 30.1. The number of aromatic hydroxyl groups is 1. The number of aliphatic hydroxyl groups excluding tert-OH is 2. The molecule has 0 aromatic heterocycles. The lowest BCUT2D eigenvalue weighted by Crippen LogP contribution is -2.29. The van der Waals surface area contributed by atoms with Crippen molar-refractivity contribution in [2.75, 3.05) is 34.5 Å². The van der Waals surface area contributed by atoms with Crippen molar-refractivity contribution >= 4 is 6.08 Å². The Bertz CT molecular complexity index is 788. The minimum atomic E-state index is -1.15. The molecule has 0 fully saturated rings. The zero-order chi connectivity index (χ0) is 20.5. The summed E-state index contributed by atoms with van der Waals surface area (Å²) in [7, 11) is 4.55. The van der Waals surface area contributed by atoms with E-state index < -0.39 is 18.8 Å². The topological polar surface area (TPSA) is 97.6 Å². The molecule has 28 heavy (non-hydrogen) atoms. The summed E-state index contributed by atoms with van der Waals surface area (Å²) < 4.78 is 21.2. The van der Waals surface area contributed by atoms with Crippen LogP contribution in [0.4, 0.5) is 0 Å². The van der Waals surface area contributed by atoms with Crippen molar-refractivity contribution in [1.29, 1.82) is 0 Å². The largest absolute Gasteiger partial charge is 0.504 e. The molecular formula is C21H26O7. The molecule has 0 aliphatic rings. The molecule has 2 rings (SSSR count). The second-order valence-electron chi connectivity index (χ2n) is 5.98. The summed E-state index contributed by atoms with van der Waals surface area (Å²) in [6.45, 7) is 0.0679. The van der Waals surface area contributed by atoms with Crippen molar-refractivity contribution in [3.05, 3.63) is 53.6 Å². The molecule has 0 aliphatic heterocycles. The molecule has 2 atom stereocenters. The quantitative estimate of drug-likeness (QED) is 0.573. The van der Waals surface area contributed by atoms with Crippen molar-refractivity contribution < 1.29 is 34.3 Å². The summed E-state index contributed by atoms with van der Waals surface area (Å²) in [6.07, 6.45) is 1.66. The fourth-order valence-electron chi connectivity index (χ4n) is 2.62. The molecule has 2 aromatic rings. The fourth-order valence-corrected chi connectivity index (χ4v) is 2.62. The van der Waals surface area contributed by atoms with Crippen molar-refractivity contribution in [3.63, 3.8) is 0 Å². The van der Waals surface area contributed by atoms with Crippen LogP contribution in [-0.2, 0) is 4.74 Å². The number of hydrogen-bond acceptors (Lipinski definition) is 7. The summed E-state index contributed by atoms with van der Waals surface area (Å²) in [6, 6.07) is 9.76. The Hall–Kier alpha value is -2.74. The monoisotopic (exact) mass is 390 g/mol. The number of phenolic OH excluding ortho intramolecular Hbond substituents is 1. The highest BCUT2D eigenvalue weighted by Crippen LogP contribution is 2.34. The lowest BCUT2D eigenvalue weighted by molar-refractivity contribution is -0.000515. The first kappa shape index (κ1) is 21.6. The molecule has 0 heterocycles. The van der Waals surface area contributed by atoms with Gasteiger partial charge in [-0.2, -0.15) is 0 Å². The number of benzene rings is 2. The lowest BCUT2D eigenvalue weighted by Gasteiger charge is -2.24. The van der Waals surface area contributed by atoms with Crippen LogP contribution in [0.2, 0.25) is 0 Å². The van der Waals surface area contributed by atoms with Gasteiger partial charge in [0.2, 0.25) is 0 Å². The Balaban J connectivity index is 2.21. The van der Waals surface area contributed by atoms with Crippen molar-refractivity contribution in [1.82, 2.24) is 0 Å². The highest BCUT2D eigenvalue weighted by atomic mass is 16.5. The van der Waals surface area contributed by atoms with E-state index in [4.69, 9.17) is 18.9 Å². The van der Waals surface area contributed by atoms with E-state index in [0.29, 0.717) is 23.7 Å². The van der Waals surface area contributed by atoms with Gasteiger partial charge in [0.25, 0.3) is 0 Å². The molecule has 0 bridgehead atoms. The van der Waals surface area contributed by atoms with Crippen LogP contribution in [-0.4, -0.2) is 56.0 Å². The number of aliphatic hydroxyl groups is 2. The van der Waals surface area contributed by atoms with Gasteiger partial charge in [0, 0.05) is 7.11 Å². The standard InChI is InChI=1S/C21H26O7/c1-25-10-4-5-14-6-9-17(19(11-14)27-3)28-20(13-22)21(24)15-7-8-16(23)18(12-15)26-2/h4-9,11-12,20-24H,10,13H2,1-3H3/b5-4+/t20-,21-/m1/s1. The van der Waals surface area contributed by atoms with Gasteiger partial charge >= 0.3 is 0 Å². The van der Waals surface area contributed by atoms with E-state index in [2.05, 4.69) is 0 Å². The van der Waals surface area contributed by atoms with Gasteiger partial charge < -0.3 is 34.3 Å². The minimum Gasteiger partial charge on any atom is -0.504 e. The zero-order valence-corrected chi connectivity index (χ0v) is 16.2. The number of rotatable bonds is 10. The van der Waals surface area contributed by atoms with Gasteiger partial charge in [0.15, 0.2) is 29.1 Å². The molecule has 0 aliphatic carbocycles. The van der Waals surface area contributed by atoms with E-state index in [1.807, 2.05) is 18.2 Å². The van der Waals surface area contributed by atoms with Gasteiger partial charge in [-0.05, 0) is 35.4 Å². The molecule has 3 N–H and O–H groups in total. The predicted octanol–water partition coefficient (Wildman–Crippen LogP) is 2.54. The second-order valence-corrected chi connectivity index (χ2v) is 5.98. The molecule has 0 radical (unpaired) electrons. The Labute approximate surface area is 164 Å². The van der Waals surface area contributed by atoms with E-state index in [0.717, 1.165) is 5.56 Å². The lowest BCUT2D eigenvalue weighted by atomic mass is 10.0. The average Bonchev–Trinajstić information content (AvgIpc) is 2.72. The maximum Gasteiger partial charge on any atom is 0.161 e. The highest BCUT2D eigenvalue weighted by molar-refractivity contribution is 5.56. The van der Waals surface area contributed by atoms with E-state index in [-0.39, 0.29) is 11.5 Å². The highest BCUT2D eigenvalue weighted by Gasteiger charge is 2.24. The Kier molecular flexibility index (Phi) is 8.13. The van der Waals surface area contributed by atoms with Gasteiger partial charge in [-0.25, -0.2) is 0 Å². The normalized spacial score (nSPS) is 13.3. The van der Waals surface area contributed by atoms with E-state index in [9.17, 15) is 15.3 Å². The Morgan fingerprint density at radius 2 is 1.71 bits per heavy atom. The molecule has 0 saturated heterocycles. The number of phenols is 1. The molecule has 152 valence electrons. The van der Waals surface area contributed by atoms with Gasteiger partial charge in [-0.3, -0.25) is 0 Å². The Morgan fingerprint density at radius 1 is 0.964 bits per heavy atom. The molecular weight excluding hydrogens is 364 g/mol. The number of hydrogen-bond donors (Lipinski definition) is 3. The van der Waals surface area contributed by atoms with Gasteiger partial charge in [-0.15, -0.1) is 0 Å². The number of methoxy groups -OCH3 is 3. The third-order valence-electron chi connectivity index (χ3n) is 4.12. The first-order valence-electron chi connectivity index (χ1n) is 8.70. The SMILES string of the molecule is COC/C=C/c1ccc(O[C@H](CO)[C@H](O)c2ccc(O)c(OC)c2)c(OC)c1. The summed E-state index contributed by atoms with van der Waals surface area (Å²) in [4.78, 5) is 0. The minimum absolute atomic E-state index is 0.0429. The van der Waals surface area contributed by atoms with Gasteiger partial charge in [0.05, 0.1) is 27.4 Å². The molecule has 0 spiro atoms. The van der Waals surface area contributed by atoms with Crippen molar-refractivity contribution in [2.45, 2.75) is 12.2 Å². The molecule has 0 amide bonds. The molecule has 0 saturated carbocycles. The van der Waals surface area contributed by atoms with Crippen LogP contribution in [0.1, 0.15) is 17.2 Å². The van der Waals surface area contributed by atoms with Crippen LogP contribution in [0, 0.1) is 0 Å². The maximum absolute atomic E-state index is 10.6. The Morgan fingerprint density at radius 3 is 2.36 bits per heavy atom. The molecule has 7 nitrogen and oxygen atoms in total. The van der Waals surface area contributed by atoms with Crippen LogP contribution in [0.3, 0.4) is 0 Å². The van der Waals surface area contributed by atoms with Gasteiger partial charge in [-0.1, -0.05) is 24.3 Å². The van der Waals surface area contributed by atoms with Crippen molar-refractivity contribution in [3.8, 4) is 23.0 Å². The molecule has 2 aromatic carbocycles. The first-order chi connectivity index (χ1) is 13.5. The molecule has 0 unspecified atom stereocenters. The predicted molar refractivity (Wildman–Crippen MR) is 105 cm³/mol. The average molecular weight is 390 g/mol. The first-order valence-corrected chi connectivity index (χ1v) is 8.70. The smallest absolute Gasteiger partial charge is 0.161 e. The zero-order valence-electron chi connectivity index (χ0n) is 16.2. The van der Waals surface area contributed by atoms with E-state index in [1.165, 1.54) is 32.4 Å². The van der Waals surface area contributed by atoms with Crippen LogP contribution in [0.5, 0.6) is 23.0 Å². The van der Waals surface area contributed by atoms with Crippen LogP contribution >= 0.6 is 0 Å². The fraction of sp³-hybridized carbons (Fsp3) is 0.333. The van der Waals surface area contributed by atoms with Crippen LogP contribution in [0.25, 0.3) is 6.08 Å². The van der Waals surface area contributed by atoms with E-state index >= 15 is 0 Å². The molecule has 7 heteroatoms. The van der Waals surface area contributed by atoms with Crippen LogP contribution < -0.4 is 14.2 Å². The number of ether oxygens (including phenoxy) is 4. The third-order valence-corrected chi connectivity index (χ3v) is 4.12. The maximum atomic E-state index is 10.6. The summed E-state index contributed by atoms with van der Waals surface area (Å²) in [5.74, 6) is 1.03. The summed E-state index contributed by atoms with van der Waals surface area (Å²) in [5.41, 5.74) is 1.33. The van der Waals surface area contributed by atoms with Crippen molar-refractivity contribution in [2.24, 2.45) is 0 Å². The second kappa shape index (κ2) is 10.6. The van der Waals surface area contributed by atoms with Gasteiger partial charge in [0.1, 0.15) is 6.10 Å². The van der Waals surface area contributed by atoms with E-state index in [1.54, 1.807) is 19.2 Å². The summed E-state index contributed by atoms with van der Waals surface area (Å²) >= 11 is 0. The van der Waals surface area contributed by atoms with Crippen LogP contribution in [0.15, 0.2) is 42.5 Å².